The monoisotopic (exact) mass is 446 g/mol. The lowest BCUT2D eigenvalue weighted by molar-refractivity contribution is -0.0362. The van der Waals surface area contributed by atoms with Gasteiger partial charge in [0, 0.05) is 30.5 Å². The zero-order chi connectivity index (χ0) is 23.0. The first-order chi connectivity index (χ1) is 15.4. The Morgan fingerprint density at radius 1 is 1.12 bits per heavy atom. The summed E-state index contributed by atoms with van der Waals surface area (Å²) < 4.78 is 6.16. The lowest BCUT2D eigenvalue weighted by Gasteiger charge is -2.25. The topological polar surface area (TPSA) is 50.3 Å². The van der Waals surface area contributed by atoms with Crippen molar-refractivity contribution in [1.82, 2.24) is 14.9 Å². The fourth-order valence-corrected chi connectivity index (χ4v) is 3.89. The van der Waals surface area contributed by atoms with Crippen molar-refractivity contribution in [2.45, 2.75) is 39.5 Å². The predicted molar refractivity (Wildman–Crippen MR) is 133 cm³/mol. The third kappa shape index (κ3) is 6.39. The lowest BCUT2D eigenvalue weighted by Crippen LogP contribution is -2.22. The van der Waals surface area contributed by atoms with Crippen LogP contribution in [0.1, 0.15) is 37.6 Å². The summed E-state index contributed by atoms with van der Waals surface area (Å²) in [5, 5.41) is 6.08. The van der Waals surface area contributed by atoms with Crippen LogP contribution in [-0.2, 0) is 23.5 Å². The number of pyridine rings is 1. The Labute approximate surface area is 194 Å². The van der Waals surface area contributed by atoms with E-state index in [-0.39, 0.29) is 0 Å². The van der Waals surface area contributed by atoms with E-state index in [1.807, 2.05) is 73.7 Å². The Hall–Kier alpha value is -3.22. The molecule has 2 aromatic heterocycles. The molecule has 6 heteroatoms. The lowest BCUT2D eigenvalue weighted by atomic mass is 10.1. The Bertz CT molecular complexity index is 1060. The molecule has 0 fully saturated rings. The number of nitrogens with zero attached hydrogens (tertiary/aromatic N) is 3. The molecule has 0 atom stereocenters. The van der Waals surface area contributed by atoms with Crippen LogP contribution in [0.15, 0.2) is 97.1 Å². The molecule has 0 saturated carbocycles. The van der Waals surface area contributed by atoms with E-state index in [2.05, 4.69) is 35.6 Å². The highest BCUT2D eigenvalue weighted by Gasteiger charge is 2.25. The number of hydrogen-bond acceptors (Lipinski definition) is 6. The van der Waals surface area contributed by atoms with E-state index in [0.29, 0.717) is 18.8 Å². The molecule has 0 unspecified atom stereocenters. The van der Waals surface area contributed by atoms with Gasteiger partial charge in [0.2, 0.25) is 0 Å². The van der Waals surface area contributed by atoms with E-state index in [1.54, 1.807) is 12.4 Å². The summed E-state index contributed by atoms with van der Waals surface area (Å²) in [6.07, 6.45) is 7.55. The van der Waals surface area contributed by atoms with Crippen LogP contribution in [0.4, 0.5) is 5.13 Å². The summed E-state index contributed by atoms with van der Waals surface area (Å²) >= 11 is 1.52. The average Bonchev–Trinajstić information content (AvgIpc) is 3.28. The molecule has 2 heterocycles. The van der Waals surface area contributed by atoms with Crippen molar-refractivity contribution in [2.75, 3.05) is 5.32 Å². The standard InChI is InChI=1S/C26H30N4OS/c1-6-16-30(17-22-12-14-27-15-13-22)21(3)20(2)28-25-29-24(19-32-25)26(4,5)31-18-23-10-8-7-9-11-23/h6-16,19H,2-3,17-18H2,1,4-5H3,(H,28,29)/b16-6-. The van der Waals surface area contributed by atoms with E-state index in [0.717, 1.165) is 27.6 Å². The maximum absolute atomic E-state index is 6.16. The molecule has 0 spiro atoms. The molecular formula is C26H30N4OS. The van der Waals surface area contributed by atoms with Gasteiger partial charge in [-0.1, -0.05) is 49.6 Å². The van der Waals surface area contributed by atoms with Crippen molar-refractivity contribution < 1.29 is 4.74 Å². The van der Waals surface area contributed by atoms with Gasteiger partial charge in [-0.15, -0.1) is 11.3 Å². The number of thiazole rings is 1. The number of nitrogens with one attached hydrogen (secondary N) is 1. The summed E-state index contributed by atoms with van der Waals surface area (Å²) in [6, 6.07) is 14.1. The van der Waals surface area contributed by atoms with Gasteiger partial charge in [0.15, 0.2) is 5.13 Å². The van der Waals surface area contributed by atoms with E-state index in [1.165, 1.54) is 11.3 Å². The molecule has 0 aliphatic rings. The Morgan fingerprint density at radius 3 is 2.53 bits per heavy atom. The number of aromatic nitrogens is 2. The van der Waals surface area contributed by atoms with Crippen molar-refractivity contribution in [2.24, 2.45) is 0 Å². The fraction of sp³-hybridized carbons (Fsp3) is 0.231. The zero-order valence-corrected chi connectivity index (χ0v) is 19.7. The Balaban J connectivity index is 1.62. The van der Waals surface area contributed by atoms with Gasteiger partial charge in [0.25, 0.3) is 0 Å². The van der Waals surface area contributed by atoms with Gasteiger partial charge in [-0.25, -0.2) is 4.98 Å². The number of allylic oxidation sites excluding steroid dienone is 1. The number of rotatable bonds is 11. The van der Waals surface area contributed by atoms with Crippen LogP contribution < -0.4 is 5.32 Å². The van der Waals surface area contributed by atoms with Crippen LogP contribution in [0.2, 0.25) is 0 Å². The summed E-state index contributed by atoms with van der Waals surface area (Å²) in [5.74, 6) is 0. The second-order valence-electron chi connectivity index (χ2n) is 7.84. The minimum absolute atomic E-state index is 0.511. The van der Waals surface area contributed by atoms with Crippen molar-refractivity contribution in [3.05, 3.63) is 114 Å². The van der Waals surface area contributed by atoms with Crippen molar-refractivity contribution in [3.8, 4) is 0 Å². The Kier molecular flexibility index (Phi) is 7.98. The minimum atomic E-state index is -0.511. The van der Waals surface area contributed by atoms with Crippen molar-refractivity contribution in [3.63, 3.8) is 0 Å². The Morgan fingerprint density at radius 2 is 1.84 bits per heavy atom. The highest BCUT2D eigenvalue weighted by Crippen LogP contribution is 2.30. The molecule has 0 saturated heterocycles. The summed E-state index contributed by atoms with van der Waals surface area (Å²) in [6.45, 7) is 15.7. The zero-order valence-electron chi connectivity index (χ0n) is 18.9. The van der Waals surface area contributed by atoms with Gasteiger partial charge < -0.3 is 15.0 Å². The van der Waals surface area contributed by atoms with Gasteiger partial charge in [-0.2, -0.15) is 0 Å². The fourth-order valence-electron chi connectivity index (χ4n) is 3.00. The number of ether oxygens (including phenoxy) is 1. The van der Waals surface area contributed by atoms with E-state index in [9.17, 15) is 0 Å². The van der Waals surface area contributed by atoms with Gasteiger partial charge in [-0.05, 0) is 44.0 Å². The van der Waals surface area contributed by atoms with Gasteiger partial charge in [0.05, 0.1) is 23.7 Å². The molecule has 0 radical (unpaired) electrons. The smallest absolute Gasteiger partial charge is 0.187 e. The van der Waals surface area contributed by atoms with Gasteiger partial charge in [-0.3, -0.25) is 4.98 Å². The van der Waals surface area contributed by atoms with Crippen LogP contribution >= 0.6 is 11.3 Å². The molecule has 3 rings (SSSR count). The normalized spacial score (nSPS) is 11.5. The molecule has 3 aromatic rings. The van der Waals surface area contributed by atoms with Crippen LogP contribution in [-0.4, -0.2) is 14.9 Å². The molecule has 0 aliphatic carbocycles. The molecule has 0 aliphatic heterocycles. The summed E-state index contributed by atoms with van der Waals surface area (Å²) in [4.78, 5) is 10.9. The predicted octanol–water partition coefficient (Wildman–Crippen LogP) is 6.47. The molecule has 166 valence electrons. The van der Waals surface area contributed by atoms with E-state index < -0.39 is 5.60 Å². The second-order valence-corrected chi connectivity index (χ2v) is 8.70. The van der Waals surface area contributed by atoms with Crippen LogP contribution in [0.5, 0.6) is 0 Å². The van der Waals surface area contributed by atoms with Crippen molar-refractivity contribution >= 4 is 16.5 Å². The molecule has 0 bridgehead atoms. The van der Waals surface area contributed by atoms with Gasteiger partial charge >= 0.3 is 0 Å². The maximum Gasteiger partial charge on any atom is 0.187 e. The number of anilines is 1. The number of benzene rings is 1. The van der Waals surface area contributed by atoms with Crippen LogP contribution in [0.3, 0.4) is 0 Å². The molecule has 32 heavy (non-hydrogen) atoms. The average molecular weight is 447 g/mol. The van der Waals surface area contributed by atoms with Crippen LogP contribution in [0.25, 0.3) is 0 Å². The first-order valence-electron chi connectivity index (χ1n) is 10.5. The third-order valence-corrected chi connectivity index (χ3v) is 5.71. The SMILES string of the molecule is C=C(Nc1nc(C(C)(C)OCc2ccccc2)cs1)C(=C)N(/C=C\C)Cc1ccncc1. The van der Waals surface area contributed by atoms with Crippen molar-refractivity contribution in [1.29, 1.82) is 0 Å². The van der Waals surface area contributed by atoms with Gasteiger partial charge in [0.1, 0.15) is 5.60 Å². The largest absolute Gasteiger partial charge is 0.365 e. The quantitative estimate of drug-likeness (QED) is 0.342. The van der Waals surface area contributed by atoms with Crippen LogP contribution in [0, 0.1) is 0 Å². The van der Waals surface area contributed by atoms with E-state index in [4.69, 9.17) is 9.72 Å². The maximum atomic E-state index is 6.16. The number of hydrogen-bond donors (Lipinski definition) is 1. The summed E-state index contributed by atoms with van der Waals surface area (Å²) in [7, 11) is 0. The highest BCUT2D eigenvalue weighted by molar-refractivity contribution is 7.13. The second kappa shape index (κ2) is 10.9. The first-order valence-corrected chi connectivity index (χ1v) is 11.3. The third-order valence-electron chi connectivity index (χ3n) is 4.95. The first kappa shape index (κ1) is 23.4. The van der Waals surface area contributed by atoms with E-state index >= 15 is 0 Å². The highest BCUT2D eigenvalue weighted by atomic mass is 32.1. The molecular weight excluding hydrogens is 416 g/mol. The molecule has 1 N–H and O–H groups in total. The molecule has 0 amide bonds. The minimum Gasteiger partial charge on any atom is -0.365 e. The summed E-state index contributed by atoms with van der Waals surface area (Å²) in [5.41, 5.74) is 4.11. The molecule has 5 nitrogen and oxygen atoms in total. The molecule has 1 aromatic carbocycles.